The standard InChI is InChI=1S/C11H20N4S/c1-4-8(5-2)7-13-10-6-9(12)14-11(15-10)16-3/h6,8H,4-5,7H2,1-3H3,(H3,12,13,14,15). The van der Waals surface area contributed by atoms with Crippen LogP contribution in [0.15, 0.2) is 11.2 Å². The van der Waals surface area contributed by atoms with Gasteiger partial charge in [-0.3, -0.25) is 0 Å². The number of aromatic nitrogens is 2. The van der Waals surface area contributed by atoms with Crippen LogP contribution in [-0.2, 0) is 0 Å². The summed E-state index contributed by atoms with van der Waals surface area (Å²) in [7, 11) is 0. The summed E-state index contributed by atoms with van der Waals surface area (Å²) in [5.41, 5.74) is 5.70. The molecule has 3 N–H and O–H groups in total. The molecule has 0 fully saturated rings. The molecule has 0 bridgehead atoms. The summed E-state index contributed by atoms with van der Waals surface area (Å²) in [6.45, 7) is 5.35. The quantitative estimate of drug-likeness (QED) is 0.591. The predicted molar refractivity (Wildman–Crippen MR) is 70.8 cm³/mol. The third-order valence-electron chi connectivity index (χ3n) is 2.63. The SMILES string of the molecule is CCC(CC)CNc1cc(N)nc(SC)n1. The maximum atomic E-state index is 5.70. The maximum Gasteiger partial charge on any atom is 0.191 e. The molecule has 1 aromatic heterocycles. The molecule has 0 aliphatic rings. The molecule has 0 aromatic carbocycles. The lowest BCUT2D eigenvalue weighted by Crippen LogP contribution is -2.14. The van der Waals surface area contributed by atoms with Crippen molar-refractivity contribution in [2.45, 2.75) is 31.8 Å². The number of nitrogen functional groups attached to an aromatic ring is 1. The Bertz CT molecular complexity index is 326. The van der Waals surface area contributed by atoms with E-state index in [1.807, 2.05) is 6.26 Å². The molecule has 0 amide bonds. The molecule has 0 aliphatic heterocycles. The summed E-state index contributed by atoms with van der Waals surface area (Å²) in [4.78, 5) is 8.46. The monoisotopic (exact) mass is 240 g/mol. The number of nitrogens with one attached hydrogen (secondary N) is 1. The molecular formula is C11H20N4S. The Morgan fingerprint density at radius 2 is 2.06 bits per heavy atom. The second-order valence-corrected chi connectivity index (χ2v) is 4.50. The van der Waals surface area contributed by atoms with Gasteiger partial charge >= 0.3 is 0 Å². The third kappa shape index (κ3) is 3.89. The third-order valence-corrected chi connectivity index (χ3v) is 3.18. The molecule has 0 spiro atoms. The van der Waals surface area contributed by atoms with Crippen LogP contribution in [0.1, 0.15) is 26.7 Å². The van der Waals surface area contributed by atoms with Gasteiger partial charge in [0.1, 0.15) is 11.6 Å². The highest BCUT2D eigenvalue weighted by molar-refractivity contribution is 7.98. The van der Waals surface area contributed by atoms with E-state index in [4.69, 9.17) is 5.73 Å². The Hall–Kier alpha value is -0.970. The van der Waals surface area contributed by atoms with Crippen LogP contribution in [0, 0.1) is 5.92 Å². The molecule has 0 saturated heterocycles. The molecule has 1 heterocycles. The van der Waals surface area contributed by atoms with Gasteiger partial charge < -0.3 is 11.1 Å². The predicted octanol–water partition coefficient (Wildman–Crippen LogP) is 2.63. The van der Waals surface area contributed by atoms with Gasteiger partial charge in [-0.2, -0.15) is 0 Å². The fourth-order valence-electron chi connectivity index (χ4n) is 1.45. The van der Waals surface area contributed by atoms with Crippen LogP contribution < -0.4 is 11.1 Å². The first-order valence-corrected chi connectivity index (χ1v) is 6.84. The van der Waals surface area contributed by atoms with Crippen LogP contribution >= 0.6 is 11.8 Å². The fourth-order valence-corrected chi connectivity index (χ4v) is 1.84. The van der Waals surface area contributed by atoms with Gasteiger partial charge in [-0.1, -0.05) is 38.5 Å². The molecule has 1 aromatic rings. The Morgan fingerprint density at radius 1 is 1.38 bits per heavy atom. The van der Waals surface area contributed by atoms with E-state index in [1.54, 1.807) is 6.07 Å². The number of nitrogens with zero attached hydrogens (tertiary/aromatic N) is 2. The van der Waals surface area contributed by atoms with Crippen LogP contribution in [0.2, 0.25) is 0 Å². The summed E-state index contributed by atoms with van der Waals surface area (Å²) in [5.74, 6) is 2.03. The highest BCUT2D eigenvalue weighted by Crippen LogP contribution is 2.16. The molecule has 1 rings (SSSR count). The van der Waals surface area contributed by atoms with Crippen LogP contribution in [0.4, 0.5) is 11.6 Å². The van der Waals surface area contributed by atoms with Crippen molar-refractivity contribution in [2.75, 3.05) is 23.9 Å². The Kier molecular flexibility index (Phi) is 5.38. The summed E-state index contributed by atoms with van der Waals surface area (Å²) >= 11 is 1.50. The van der Waals surface area contributed by atoms with Crippen LogP contribution in [0.3, 0.4) is 0 Å². The maximum absolute atomic E-state index is 5.70. The van der Waals surface area contributed by atoms with Crippen molar-refractivity contribution in [3.8, 4) is 0 Å². The largest absolute Gasteiger partial charge is 0.383 e. The van der Waals surface area contributed by atoms with Gasteiger partial charge in [-0.15, -0.1) is 0 Å². The summed E-state index contributed by atoms with van der Waals surface area (Å²) in [6, 6.07) is 1.78. The average molecular weight is 240 g/mol. The lowest BCUT2D eigenvalue weighted by Gasteiger charge is -2.14. The average Bonchev–Trinajstić information content (AvgIpc) is 2.29. The molecule has 90 valence electrons. The van der Waals surface area contributed by atoms with Crippen molar-refractivity contribution in [2.24, 2.45) is 5.92 Å². The summed E-state index contributed by atoms with van der Waals surface area (Å²) < 4.78 is 0. The van der Waals surface area contributed by atoms with Crippen molar-refractivity contribution in [1.82, 2.24) is 9.97 Å². The first-order chi connectivity index (χ1) is 7.69. The van der Waals surface area contributed by atoms with Gasteiger partial charge in [0.15, 0.2) is 5.16 Å². The zero-order chi connectivity index (χ0) is 12.0. The Balaban J connectivity index is 2.62. The van der Waals surface area contributed by atoms with Gasteiger partial charge in [-0.25, -0.2) is 9.97 Å². The number of anilines is 2. The van der Waals surface area contributed by atoms with Gasteiger partial charge in [0.05, 0.1) is 0 Å². The lowest BCUT2D eigenvalue weighted by atomic mass is 10.0. The second-order valence-electron chi connectivity index (χ2n) is 3.73. The molecule has 16 heavy (non-hydrogen) atoms. The number of thioether (sulfide) groups is 1. The first-order valence-electron chi connectivity index (χ1n) is 5.62. The van der Waals surface area contributed by atoms with E-state index in [0.29, 0.717) is 16.9 Å². The van der Waals surface area contributed by atoms with E-state index < -0.39 is 0 Å². The second kappa shape index (κ2) is 6.58. The molecule has 4 nitrogen and oxygen atoms in total. The zero-order valence-corrected chi connectivity index (χ0v) is 11.0. The smallest absolute Gasteiger partial charge is 0.191 e. The number of rotatable bonds is 6. The minimum Gasteiger partial charge on any atom is -0.383 e. The van der Waals surface area contributed by atoms with E-state index >= 15 is 0 Å². The minimum atomic E-state index is 0.520. The summed E-state index contributed by atoms with van der Waals surface area (Å²) in [6.07, 6.45) is 4.30. The molecule has 5 heteroatoms. The van der Waals surface area contributed by atoms with E-state index in [-0.39, 0.29) is 0 Å². The van der Waals surface area contributed by atoms with Gasteiger partial charge in [-0.05, 0) is 12.2 Å². The fraction of sp³-hybridized carbons (Fsp3) is 0.636. The number of nitrogens with two attached hydrogens (primary N) is 1. The highest BCUT2D eigenvalue weighted by Gasteiger charge is 2.05. The normalized spacial score (nSPS) is 10.8. The van der Waals surface area contributed by atoms with Crippen molar-refractivity contribution in [1.29, 1.82) is 0 Å². The van der Waals surface area contributed by atoms with Gasteiger partial charge in [0.2, 0.25) is 0 Å². The van der Waals surface area contributed by atoms with Crippen molar-refractivity contribution in [3.63, 3.8) is 0 Å². The molecule has 0 unspecified atom stereocenters. The minimum absolute atomic E-state index is 0.520. The van der Waals surface area contributed by atoms with E-state index in [1.165, 1.54) is 24.6 Å². The molecule has 0 atom stereocenters. The zero-order valence-electron chi connectivity index (χ0n) is 10.2. The lowest BCUT2D eigenvalue weighted by molar-refractivity contribution is 0.518. The molecule has 0 saturated carbocycles. The van der Waals surface area contributed by atoms with E-state index in [0.717, 1.165) is 12.4 Å². The van der Waals surface area contributed by atoms with Crippen LogP contribution in [-0.4, -0.2) is 22.8 Å². The van der Waals surface area contributed by atoms with Gasteiger partial charge in [0.25, 0.3) is 0 Å². The first kappa shape index (κ1) is 13.1. The van der Waals surface area contributed by atoms with Crippen LogP contribution in [0.5, 0.6) is 0 Å². The van der Waals surface area contributed by atoms with E-state index in [2.05, 4.69) is 29.1 Å². The van der Waals surface area contributed by atoms with Crippen molar-refractivity contribution < 1.29 is 0 Å². The summed E-state index contributed by atoms with van der Waals surface area (Å²) in [5, 5.41) is 4.03. The molecule has 0 radical (unpaired) electrons. The van der Waals surface area contributed by atoms with E-state index in [9.17, 15) is 0 Å². The molecule has 0 aliphatic carbocycles. The van der Waals surface area contributed by atoms with Crippen LogP contribution in [0.25, 0.3) is 0 Å². The van der Waals surface area contributed by atoms with Crippen molar-refractivity contribution in [3.05, 3.63) is 6.07 Å². The Labute approximate surface area is 101 Å². The molecular weight excluding hydrogens is 220 g/mol. The Morgan fingerprint density at radius 3 is 2.62 bits per heavy atom. The number of hydrogen-bond donors (Lipinski definition) is 2. The number of hydrogen-bond acceptors (Lipinski definition) is 5. The topological polar surface area (TPSA) is 63.8 Å². The van der Waals surface area contributed by atoms with Gasteiger partial charge in [0, 0.05) is 12.6 Å². The van der Waals surface area contributed by atoms with Crippen molar-refractivity contribution >= 4 is 23.4 Å². The highest BCUT2D eigenvalue weighted by atomic mass is 32.2.